The third-order valence-electron chi connectivity index (χ3n) is 5.92. The molecule has 0 radical (unpaired) electrons. The maximum Gasteiger partial charge on any atom is 0.168 e. The molecule has 0 spiro atoms. The monoisotopic (exact) mass is 443 g/mol. The number of carbonyl (C=O) groups is 1. The van der Waals surface area contributed by atoms with Crippen LogP contribution in [0.15, 0.2) is 54.7 Å². The second-order valence-electron chi connectivity index (χ2n) is 8.37. The molecule has 5 rings (SSSR count). The molecule has 4 aromatic rings. The number of Topliss-reactive ketones (excluding diaryl/α,β-unsaturated/α-hetero) is 1. The summed E-state index contributed by atoms with van der Waals surface area (Å²) in [6, 6.07) is 15.7. The molecule has 0 aliphatic heterocycles. The highest BCUT2D eigenvalue weighted by Crippen LogP contribution is 2.27. The molecule has 1 saturated carbocycles. The lowest BCUT2D eigenvalue weighted by Gasteiger charge is -2.23. The zero-order chi connectivity index (χ0) is 21.9. The van der Waals surface area contributed by atoms with Gasteiger partial charge in [-0.25, -0.2) is 0 Å². The van der Waals surface area contributed by atoms with E-state index in [1.807, 2.05) is 55.6 Å². The summed E-state index contributed by atoms with van der Waals surface area (Å²) < 4.78 is 6.07. The van der Waals surface area contributed by atoms with Crippen LogP contribution in [0.4, 0.5) is 0 Å². The minimum absolute atomic E-state index is 0.0527. The fraction of sp³-hybridized carbons (Fsp3) is 0.308. The molecule has 2 aromatic heterocycles. The number of ketones is 1. The molecule has 1 fully saturated rings. The van der Waals surface area contributed by atoms with Crippen molar-refractivity contribution < 1.29 is 9.53 Å². The van der Waals surface area contributed by atoms with E-state index in [9.17, 15) is 4.79 Å². The van der Waals surface area contributed by atoms with Crippen LogP contribution in [0.3, 0.4) is 0 Å². The lowest BCUT2D eigenvalue weighted by Crippen LogP contribution is -2.19. The Bertz CT molecular complexity index is 1240. The van der Waals surface area contributed by atoms with Gasteiger partial charge in [0.1, 0.15) is 15.8 Å². The van der Waals surface area contributed by atoms with Gasteiger partial charge in [-0.15, -0.1) is 10.2 Å². The number of benzene rings is 2. The summed E-state index contributed by atoms with van der Waals surface area (Å²) in [5.74, 6) is 0.897. The molecule has 0 atom stereocenters. The van der Waals surface area contributed by atoms with Gasteiger partial charge in [0, 0.05) is 28.4 Å². The van der Waals surface area contributed by atoms with Crippen LogP contribution in [0.25, 0.3) is 21.3 Å². The Morgan fingerprint density at radius 2 is 1.81 bits per heavy atom. The average molecular weight is 444 g/mol. The van der Waals surface area contributed by atoms with E-state index in [0.717, 1.165) is 50.6 Å². The van der Waals surface area contributed by atoms with Crippen LogP contribution >= 0.6 is 11.3 Å². The summed E-state index contributed by atoms with van der Waals surface area (Å²) in [7, 11) is 0. The first-order chi connectivity index (χ1) is 15.6. The average Bonchev–Trinajstić information content (AvgIpc) is 3.26. The Balaban J connectivity index is 1.29. The first-order valence-electron chi connectivity index (χ1n) is 11.1. The molecule has 0 unspecified atom stereocenters. The number of hydrogen-bond donors (Lipinski definition) is 0. The van der Waals surface area contributed by atoms with Gasteiger partial charge in [-0.3, -0.25) is 9.78 Å². The van der Waals surface area contributed by atoms with E-state index in [1.165, 1.54) is 19.3 Å². The molecule has 2 heterocycles. The second kappa shape index (κ2) is 9.17. The number of rotatable bonds is 6. The minimum atomic E-state index is 0.0527. The van der Waals surface area contributed by atoms with Crippen LogP contribution in [0.1, 0.15) is 53.2 Å². The van der Waals surface area contributed by atoms with Gasteiger partial charge in [-0.1, -0.05) is 29.9 Å². The molecule has 1 aliphatic carbocycles. The maximum atomic E-state index is 12.8. The van der Waals surface area contributed by atoms with E-state index < -0.39 is 0 Å². The normalized spacial score (nSPS) is 14.5. The summed E-state index contributed by atoms with van der Waals surface area (Å²) in [4.78, 5) is 17.3. The van der Waals surface area contributed by atoms with Crippen LogP contribution < -0.4 is 4.74 Å². The molecule has 1 aliphatic rings. The molecule has 6 heteroatoms. The van der Waals surface area contributed by atoms with Crippen molar-refractivity contribution in [1.82, 2.24) is 15.2 Å². The van der Waals surface area contributed by atoms with Crippen molar-refractivity contribution in [1.29, 1.82) is 0 Å². The molecule has 5 nitrogen and oxygen atoms in total. The number of ether oxygens (including phenoxy) is 1. The van der Waals surface area contributed by atoms with Crippen molar-refractivity contribution >= 4 is 27.9 Å². The fourth-order valence-electron chi connectivity index (χ4n) is 4.19. The fourth-order valence-corrected chi connectivity index (χ4v) is 4.88. The van der Waals surface area contributed by atoms with Gasteiger partial charge >= 0.3 is 0 Å². The van der Waals surface area contributed by atoms with Crippen LogP contribution in [-0.2, 0) is 6.42 Å². The van der Waals surface area contributed by atoms with Crippen LogP contribution in [0.5, 0.6) is 5.75 Å². The van der Waals surface area contributed by atoms with Gasteiger partial charge in [0.05, 0.1) is 12.5 Å². The number of aromatic nitrogens is 3. The number of nitrogens with zero attached hydrogens (tertiary/aromatic N) is 3. The quantitative estimate of drug-likeness (QED) is 0.332. The Morgan fingerprint density at radius 1 is 1.00 bits per heavy atom. The summed E-state index contributed by atoms with van der Waals surface area (Å²) in [6.45, 7) is 1.95. The smallest absolute Gasteiger partial charge is 0.168 e. The van der Waals surface area contributed by atoms with Crippen molar-refractivity contribution in [2.75, 3.05) is 0 Å². The molecule has 0 N–H and O–H groups in total. The molecule has 0 amide bonds. The number of hydrogen-bond acceptors (Lipinski definition) is 6. The van der Waals surface area contributed by atoms with Gasteiger partial charge in [0.15, 0.2) is 5.78 Å². The Labute approximate surface area is 191 Å². The van der Waals surface area contributed by atoms with Gasteiger partial charge in [-0.05, 0) is 74.4 Å². The van der Waals surface area contributed by atoms with E-state index in [0.29, 0.717) is 11.7 Å². The SMILES string of the molecule is Cc1nnc(-c2ccc3cnc(CC(=O)c4ccc(OC5CCCCC5)cc4)cc3c2)s1. The van der Waals surface area contributed by atoms with Crippen molar-refractivity contribution in [2.45, 2.75) is 51.6 Å². The van der Waals surface area contributed by atoms with Crippen molar-refractivity contribution in [3.63, 3.8) is 0 Å². The number of fused-ring (bicyclic) bond motifs is 1. The molecule has 0 bridgehead atoms. The first kappa shape index (κ1) is 20.8. The highest BCUT2D eigenvalue weighted by Gasteiger charge is 2.15. The zero-order valence-corrected chi connectivity index (χ0v) is 18.9. The molecular weight excluding hydrogens is 418 g/mol. The van der Waals surface area contributed by atoms with E-state index in [-0.39, 0.29) is 12.2 Å². The third kappa shape index (κ3) is 4.70. The van der Waals surface area contributed by atoms with Crippen LogP contribution in [-0.4, -0.2) is 27.1 Å². The molecular formula is C26H25N3O2S. The lowest BCUT2D eigenvalue weighted by atomic mass is 9.98. The van der Waals surface area contributed by atoms with Gasteiger partial charge in [-0.2, -0.15) is 0 Å². The van der Waals surface area contributed by atoms with Gasteiger partial charge in [0.2, 0.25) is 0 Å². The predicted octanol–water partition coefficient (Wildman–Crippen LogP) is 6.20. The molecule has 162 valence electrons. The van der Waals surface area contributed by atoms with E-state index in [1.54, 1.807) is 11.3 Å². The van der Waals surface area contributed by atoms with E-state index >= 15 is 0 Å². The van der Waals surface area contributed by atoms with Gasteiger partial charge in [0.25, 0.3) is 0 Å². The number of aryl methyl sites for hydroxylation is 1. The van der Waals surface area contributed by atoms with Crippen molar-refractivity contribution in [3.05, 3.63) is 71.0 Å². The zero-order valence-electron chi connectivity index (χ0n) is 18.1. The van der Waals surface area contributed by atoms with Crippen LogP contribution in [0.2, 0.25) is 0 Å². The van der Waals surface area contributed by atoms with Crippen LogP contribution in [0, 0.1) is 6.92 Å². The highest BCUT2D eigenvalue weighted by atomic mass is 32.1. The minimum Gasteiger partial charge on any atom is -0.490 e. The van der Waals surface area contributed by atoms with Crippen molar-refractivity contribution in [3.8, 4) is 16.3 Å². The Morgan fingerprint density at radius 3 is 2.56 bits per heavy atom. The summed E-state index contributed by atoms with van der Waals surface area (Å²) in [5, 5.41) is 12.3. The molecule has 32 heavy (non-hydrogen) atoms. The van der Waals surface area contributed by atoms with E-state index in [4.69, 9.17) is 4.74 Å². The largest absolute Gasteiger partial charge is 0.490 e. The summed E-state index contributed by atoms with van der Waals surface area (Å²) in [6.07, 6.45) is 8.42. The topological polar surface area (TPSA) is 65.0 Å². The highest BCUT2D eigenvalue weighted by molar-refractivity contribution is 7.14. The molecule has 0 saturated heterocycles. The van der Waals surface area contributed by atoms with Gasteiger partial charge < -0.3 is 4.74 Å². The second-order valence-corrected chi connectivity index (χ2v) is 9.55. The third-order valence-corrected chi connectivity index (χ3v) is 6.81. The van der Waals surface area contributed by atoms with E-state index in [2.05, 4.69) is 21.2 Å². The number of carbonyl (C=O) groups excluding carboxylic acids is 1. The molecule has 2 aromatic carbocycles. The number of pyridine rings is 1. The lowest BCUT2D eigenvalue weighted by molar-refractivity contribution is 0.0992. The Kier molecular flexibility index (Phi) is 5.95. The summed E-state index contributed by atoms with van der Waals surface area (Å²) in [5.41, 5.74) is 2.47. The maximum absolute atomic E-state index is 12.8. The standard InChI is InChI=1S/C26H25N3O2S/c1-17-28-29-26(32-17)19-7-8-20-16-27-22(14-21(20)13-19)15-25(30)18-9-11-24(12-10-18)31-23-5-3-2-4-6-23/h7-14,16,23H,2-6,15H2,1H3. The Hall–Kier alpha value is -3.12. The summed E-state index contributed by atoms with van der Waals surface area (Å²) >= 11 is 1.57. The van der Waals surface area contributed by atoms with Crippen molar-refractivity contribution in [2.24, 2.45) is 0 Å². The predicted molar refractivity (Wildman–Crippen MR) is 127 cm³/mol. The first-order valence-corrected chi connectivity index (χ1v) is 11.9.